The molecule has 0 aliphatic carbocycles. The first-order valence-electron chi connectivity index (χ1n) is 8.02. The number of ketones is 1. The number of piperazine rings is 1. The van der Waals surface area contributed by atoms with Gasteiger partial charge in [-0.15, -0.1) is 0 Å². The van der Waals surface area contributed by atoms with Crippen LogP contribution < -0.4 is 4.90 Å². The van der Waals surface area contributed by atoms with Gasteiger partial charge in [-0.25, -0.2) is 4.39 Å². The second kappa shape index (κ2) is 7.23. The van der Waals surface area contributed by atoms with E-state index in [1.807, 2.05) is 12.1 Å². The van der Waals surface area contributed by atoms with Gasteiger partial charge in [-0.3, -0.25) is 9.59 Å². The monoisotopic (exact) mass is 360 g/mol. The zero-order valence-corrected chi connectivity index (χ0v) is 14.6. The quantitative estimate of drug-likeness (QED) is 0.783. The molecule has 2 aromatic carbocycles. The Morgan fingerprint density at radius 3 is 2.52 bits per heavy atom. The first-order chi connectivity index (χ1) is 12.0. The number of carbonyl (C=O) groups is 2. The van der Waals surface area contributed by atoms with Crippen molar-refractivity contribution in [3.05, 3.63) is 64.4 Å². The maximum Gasteiger partial charge on any atom is 0.242 e. The summed E-state index contributed by atoms with van der Waals surface area (Å²) in [5, 5.41) is 0.655. The van der Waals surface area contributed by atoms with Crippen molar-refractivity contribution in [3.63, 3.8) is 0 Å². The summed E-state index contributed by atoms with van der Waals surface area (Å²) in [5.41, 5.74) is 1.52. The molecule has 1 heterocycles. The summed E-state index contributed by atoms with van der Waals surface area (Å²) in [4.78, 5) is 27.8. The predicted molar refractivity (Wildman–Crippen MR) is 95.5 cm³/mol. The molecular weight excluding hydrogens is 343 g/mol. The van der Waals surface area contributed by atoms with Crippen LogP contribution in [0, 0.1) is 5.82 Å². The van der Waals surface area contributed by atoms with Crippen LogP contribution in [0.4, 0.5) is 10.1 Å². The lowest BCUT2D eigenvalue weighted by Crippen LogP contribution is -2.50. The molecule has 25 heavy (non-hydrogen) atoms. The molecule has 0 bridgehead atoms. The van der Waals surface area contributed by atoms with Crippen molar-refractivity contribution in [2.45, 2.75) is 13.5 Å². The van der Waals surface area contributed by atoms with Gasteiger partial charge in [-0.2, -0.15) is 0 Å². The van der Waals surface area contributed by atoms with Crippen LogP contribution in [0.3, 0.4) is 0 Å². The lowest BCUT2D eigenvalue weighted by molar-refractivity contribution is -0.131. The zero-order valence-electron chi connectivity index (χ0n) is 13.8. The van der Waals surface area contributed by atoms with Gasteiger partial charge in [0.05, 0.1) is 17.8 Å². The molecule has 2 aromatic rings. The number of benzene rings is 2. The van der Waals surface area contributed by atoms with E-state index in [9.17, 15) is 14.0 Å². The molecule has 1 saturated heterocycles. The van der Waals surface area contributed by atoms with E-state index in [1.165, 1.54) is 13.0 Å². The summed E-state index contributed by atoms with van der Waals surface area (Å²) in [6.07, 6.45) is 0. The van der Waals surface area contributed by atoms with Gasteiger partial charge in [0.2, 0.25) is 5.91 Å². The molecule has 3 rings (SSSR count). The van der Waals surface area contributed by atoms with Gasteiger partial charge >= 0.3 is 0 Å². The number of Topliss-reactive ketones (excluding diaryl/α,β-unsaturated/α-hetero) is 1. The lowest BCUT2D eigenvalue weighted by Gasteiger charge is -2.36. The molecule has 0 spiro atoms. The number of anilines is 1. The molecule has 0 saturated carbocycles. The maximum absolute atomic E-state index is 14.0. The Balaban J connectivity index is 1.74. The summed E-state index contributed by atoms with van der Waals surface area (Å²) < 4.78 is 14.0. The van der Waals surface area contributed by atoms with E-state index in [4.69, 9.17) is 11.6 Å². The molecular formula is C19H18ClFN2O2. The summed E-state index contributed by atoms with van der Waals surface area (Å²) in [6.45, 7) is 3.02. The van der Waals surface area contributed by atoms with E-state index in [-0.39, 0.29) is 23.8 Å². The normalized spacial score (nSPS) is 14.8. The molecule has 1 amide bonds. The van der Waals surface area contributed by atoms with Crippen molar-refractivity contribution in [2.75, 3.05) is 24.5 Å². The second-order valence-electron chi connectivity index (χ2n) is 6.05. The van der Waals surface area contributed by atoms with Gasteiger partial charge in [0.1, 0.15) is 5.82 Å². The van der Waals surface area contributed by atoms with Gasteiger partial charge in [0, 0.05) is 24.7 Å². The van der Waals surface area contributed by atoms with Crippen molar-refractivity contribution in [2.24, 2.45) is 0 Å². The average Bonchev–Trinajstić information content (AvgIpc) is 2.58. The van der Waals surface area contributed by atoms with Gasteiger partial charge in [-0.05, 0) is 36.8 Å². The van der Waals surface area contributed by atoms with Crippen LogP contribution in [0.25, 0.3) is 0 Å². The first-order valence-corrected chi connectivity index (χ1v) is 8.40. The number of hydrogen-bond acceptors (Lipinski definition) is 3. The van der Waals surface area contributed by atoms with Gasteiger partial charge < -0.3 is 9.80 Å². The van der Waals surface area contributed by atoms with Crippen molar-refractivity contribution >= 4 is 29.0 Å². The van der Waals surface area contributed by atoms with E-state index in [0.29, 0.717) is 30.3 Å². The minimum Gasteiger partial charge on any atom is -0.360 e. The van der Waals surface area contributed by atoms with Crippen LogP contribution in [0.5, 0.6) is 0 Å². The van der Waals surface area contributed by atoms with Gasteiger partial charge in [0.15, 0.2) is 5.78 Å². The Bertz CT molecular complexity index is 808. The maximum atomic E-state index is 14.0. The highest BCUT2D eigenvalue weighted by atomic mass is 35.5. The SMILES string of the molecule is CC(=O)c1c(F)cccc1N1CCN(Cc2ccc(Cl)cc2)C(=O)C1. The van der Waals surface area contributed by atoms with E-state index in [1.54, 1.807) is 34.1 Å². The Morgan fingerprint density at radius 1 is 1.16 bits per heavy atom. The third kappa shape index (κ3) is 3.82. The highest BCUT2D eigenvalue weighted by Crippen LogP contribution is 2.25. The molecule has 0 aromatic heterocycles. The van der Waals surface area contributed by atoms with E-state index in [2.05, 4.69) is 0 Å². The fraction of sp³-hybridized carbons (Fsp3) is 0.263. The molecule has 1 aliphatic heterocycles. The summed E-state index contributed by atoms with van der Waals surface area (Å²) >= 11 is 5.88. The van der Waals surface area contributed by atoms with Crippen molar-refractivity contribution in [3.8, 4) is 0 Å². The third-order valence-corrected chi connectivity index (χ3v) is 4.54. The molecule has 1 aliphatic rings. The third-order valence-electron chi connectivity index (χ3n) is 4.29. The minimum atomic E-state index is -0.555. The summed E-state index contributed by atoms with van der Waals surface area (Å²) in [6, 6.07) is 11.9. The Labute approximate surface area is 150 Å². The zero-order chi connectivity index (χ0) is 18.0. The van der Waals surface area contributed by atoms with Gasteiger partial charge in [0.25, 0.3) is 0 Å². The molecule has 4 nitrogen and oxygen atoms in total. The summed E-state index contributed by atoms with van der Waals surface area (Å²) in [7, 11) is 0. The fourth-order valence-electron chi connectivity index (χ4n) is 3.02. The van der Waals surface area contributed by atoms with Crippen molar-refractivity contribution in [1.29, 1.82) is 0 Å². The van der Waals surface area contributed by atoms with E-state index >= 15 is 0 Å². The molecule has 130 valence electrons. The highest BCUT2D eigenvalue weighted by molar-refractivity contribution is 6.30. The number of nitrogens with zero attached hydrogens (tertiary/aromatic N) is 2. The first kappa shape index (κ1) is 17.4. The Hall–Kier alpha value is -2.40. The number of halogens is 2. The topological polar surface area (TPSA) is 40.6 Å². The fourth-order valence-corrected chi connectivity index (χ4v) is 3.14. The van der Waals surface area contributed by atoms with Crippen LogP contribution in [0.15, 0.2) is 42.5 Å². The van der Waals surface area contributed by atoms with Crippen LogP contribution in [-0.4, -0.2) is 36.2 Å². The Morgan fingerprint density at radius 2 is 1.88 bits per heavy atom. The van der Waals surface area contributed by atoms with Crippen LogP contribution >= 0.6 is 11.6 Å². The van der Waals surface area contributed by atoms with Crippen LogP contribution in [0.1, 0.15) is 22.8 Å². The Kier molecular flexibility index (Phi) is 5.04. The van der Waals surface area contributed by atoms with E-state index < -0.39 is 5.82 Å². The molecule has 6 heteroatoms. The summed E-state index contributed by atoms with van der Waals surface area (Å²) in [5.74, 6) is -0.954. The highest BCUT2D eigenvalue weighted by Gasteiger charge is 2.27. The van der Waals surface area contributed by atoms with Crippen LogP contribution in [0.2, 0.25) is 5.02 Å². The lowest BCUT2D eigenvalue weighted by atomic mass is 10.1. The standard InChI is InChI=1S/C19H18ClFN2O2/c1-13(24)19-16(21)3-2-4-17(19)22-9-10-23(18(25)12-22)11-14-5-7-15(20)8-6-14/h2-8H,9-12H2,1H3. The van der Waals surface area contributed by atoms with E-state index in [0.717, 1.165) is 5.56 Å². The molecule has 0 atom stereocenters. The molecule has 0 radical (unpaired) electrons. The number of carbonyl (C=O) groups excluding carboxylic acids is 2. The smallest absolute Gasteiger partial charge is 0.242 e. The largest absolute Gasteiger partial charge is 0.360 e. The minimum absolute atomic E-state index is 0.0430. The number of amides is 1. The van der Waals surface area contributed by atoms with Crippen molar-refractivity contribution in [1.82, 2.24) is 4.90 Å². The van der Waals surface area contributed by atoms with Crippen molar-refractivity contribution < 1.29 is 14.0 Å². The molecule has 0 unspecified atom stereocenters. The van der Waals surface area contributed by atoms with Gasteiger partial charge in [-0.1, -0.05) is 29.8 Å². The predicted octanol–water partition coefficient (Wildman–Crippen LogP) is 3.53. The molecule has 1 fully saturated rings. The van der Waals surface area contributed by atoms with Crippen LogP contribution in [-0.2, 0) is 11.3 Å². The number of rotatable bonds is 4. The number of hydrogen-bond donors (Lipinski definition) is 0. The second-order valence-corrected chi connectivity index (χ2v) is 6.49. The molecule has 0 N–H and O–H groups in total. The average molecular weight is 361 g/mol.